The number of nitrogens with zero attached hydrogens (tertiary/aromatic N) is 1. The molecule has 0 saturated carbocycles. The van der Waals surface area contributed by atoms with Crippen LogP contribution in [0.15, 0.2) is 29.6 Å². The molecule has 0 saturated heterocycles. The number of hydrogen-bond donors (Lipinski definition) is 2. The van der Waals surface area contributed by atoms with Gasteiger partial charge in [-0.3, -0.25) is 14.9 Å². The fraction of sp³-hybridized carbons (Fsp3) is 0.267. The Labute approximate surface area is 142 Å². The van der Waals surface area contributed by atoms with Crippen LogP contribution in [-0.4, -0.2) is 29.2 Å². The van der Waals surface area contributed by atoms with E-state index in [1.807, 2.05) is 12.3 Å². The molecule has 0 aliphatic rings. The van der Waals surface area contributed by atoms with E-state index in [1.165, 1.54) is 23.1 Å². The van der Waals surface area contributed by atoms with Gasteiger partial charge in [0.2, 0.25) is 5.91 Å². The van der Waals surface area contributed by atoms with Gasteiger partial charge in [0.25, 0.3) is 5.91 Å². The number of benzene rings is 1. The van der Waals surface area contributed by atoms with Crippen molar-refractivity contribution in [3.63, 3.8) is 0 Å². The molecule has 23 heavy (non-hydrogen) atoms. The molecule has 0 aliphatic carbocycles. The summed E-state index contributed by atoms with van der Waals surface area (Å²) in [5.74, 6) is 0.990. The summed E-state index contributed by atoms with van der Waals surface area (Å²) in [6, 6.07) is 6.92. The number of thioether (sulfide) groups is 1. The van der Waals surface area contributed by atoms with Gasteiger partial charge in [-0.25, -0.2) is 4.98 Å². The van der Waals surface area contributed by atoms with E-state index in [4.69, 9.17) is 10.5 Å². The topological polar surface area (TPSA) is 94.3 Å². The van der Waals surface area contributed by atoms with Crippen molar-refractivity contribution in [1.29, 1.82) is 0 Å². The molecule has 1 aromatic carbocycles. The van der Waals surface area contributed by atoms with E-state index in [-0.39, 0.29) is 17.6 Å². The van der Waals surface area contributed by atoms with Gasteiger partial charge in [0.05, 0.1) is 18.1 Å². The number of carbonyl (C=O) groups excluding carboxylic acids is 2. The van der Waals surface area contributed by atoms with E-state index in [0.29, 0.717) is 23.1 Å². The molecule has 0 atom stereocenters. The molecule has 0 bridgehead atoms. The fourth-order valence-corrected chi connectivity index (χ4v) is 3.20. The lowest BCUT2D eigenvalue weighted by Crippen LogP contribution is -2.13. The maximum Gasteiger partial charge on any atom is 0.257 e. The second kappa shape index (κ2) is 8.54. The van der Waals surface area contributed by atoms with Gasteiger partial charge in [0, 0.05) is 16.7 Å². The molecule has 2 amide bonds. The van der Waals surface area contributed by atoms with E-state index in [2.05, 4.69) is 10.3 Å². The number of nitrogens with two attached hydrogens (primary N) is 1. The van der Waals surface area contributed by atoms with Crippen molar-refractivity contribution in [2.75, 3.05) is 17.7 Å². The Morgan fingerprint density at radius 2 is 2.09 bits per heavy atom. The van der Waals surface area contributed by atoms with Gasteiger partial charge in [-0.1, -0.05) is 0 Å². The Hall–Kier alpha value is -2.06. The first-order valence-electron chi connectivity index (χ1n) is 6.93. The summed E-state index contributed by atoms with van der Waals surface area (Å²) in [6.45, 7) is 2.49. The van der Waals surface area contributed by atoms with E-state index >= 15 is 0 Å². The molecule has 1 heterocycles. The molecule has 122 valence electrons. The van der Waals surface area contributed by atoms with Gasteiger partial charge < -0.3 is 10.5 Å². The van der Waals surface area contributed by atoms with Gasteiger partial charge >= 0.3 is 0 Å². The highest BCUT2D eigenvalue weighted by atomic mass is 32.2. The number of aromatic nitrogens is 1. The maximum absolute atomic E-state index is 12.1. The molecule has 3 N–H and O–H groups in total. The van der Waals surface area contributed by atoms with E-state index < -0.39 is 0 Å². The fourth-order valence-electron chi connectivity index (χ4n) is 1.73. The Morgan fingerprint density at radius 1 is 1.35 bits per heavy atom. The third-order valence-corrected chi connectivity index (χ3v) is 4.49. The number of nitrogens with one attached hydrogen (secondary N) is 1. The Morgan fingerprint density at radius 3 is 2.74 bits per heavy atom. The molecule has 0 unspecified atom stereocenters. The summed E-state index contributed by atoms with van der Waals surface area (Å²) in [5.41, 5.74) is 6.42. The van der Waals surface area contributed by atoms with Crippen LogP contribution in [-0.2, 0) is 10.5 Å². The summed E-state index contributed by atoms with van der Waals surface area (Å²) in [7, 11) is 0. The van der Waals surface area contributed by atoms with Crippen LogP contribution in [0.3, 0.4) is 0 Å². The molecule has 1 aromatic heterocycles. The smallest absolute Gasteiger partial charge is 0.257 e. The van der Waals surface area contributed by atoms with Crippen LogP contribution >= 0.6 is 23.1 Å². The number of anilines is 1. The molecule has 0 radical (unpaired) electrons. The molecule has 2 aromatic rings. The third kappa shape index (κ3) is 5.57. The van der Waals surface area contributed by atoms with Crippen LogP contribution in [0, 0.1) is 0 Å². The lowest BCUT2D eigenvalue weighted by molar-refractivity contribution is -0.115. The van der Waals surface area contributed by atoms with Crippen LogP contribution in [0.4, 0.5) is 5.13 Å². The number of hydrogen-bond acceptors (Lipinski definition) is 6. The Balaban J connectivity index is 1.89. The van der Waals surface area contributed by atoms with Gasteiger partial charge in [0.1, 0.15) is 5.75 Å². The summed E-state index contributed by atoms with van der Waals surface area (Å²) in [6.07, 6.45) is 0. The molecular weight excluding hydrogens is 334 g/mol. The highest BCUT2D eigenvalue weighted by Gasteiger charge is 2.09. The summed E-state index contributed by atoms with van der Waals surface area (Å²) in [5, 5.41) is 5.13. The number of carbonyl (C=O) groups is 2. The average molecular weight is 351 g/mol. The summed E-state index contributed by atoms with van der Waals surface area (Å²) < 4.78 is 5.34. The van der Waals surface area contributed by atoms with Crippen molar-refractivity contribution in [3.8, 4) is 5.75 Å². The first kappa shape index (κ1) is 17.3. The number of primary amides is 1. The molecule has 8 heteroatoms. The molecule has 0 spiro atoms. The predicted molar refractivity (Wildman–Crippen MR) is 93.0 cm³/mol. The van der Waals surface area contributed by atoms with Crippen molar-refractivity contribution in [2.24, 2.45) is 5.73 Å². The second-order valence-electron chi connectivity index (χ2n) is 4.51. The average Bonchev–Trinajstić information content (AvgIpc) is 2.95. The predicted octanol–water partition coefficient (Wildman–Crippen LogP) is 2.51. The van der Waals surface area contributed by atoms with E-state index in [0.717, 1.165) is 11.4 Å². The zero-order valence-corrected chi connectivity index (χ0v) is 14.2. The van der Waals surface area contributed by atoms with Crippen molar-refractivity contribution in [2.45, 2.75) is 12.7 Å². The normalized spacial score (nSPS) is 10.3. The first-order chi connectivity index (χ1) is 11.1. The van der Waals surface area contributed by atoms with E-state index in [1.54, 1.807) is 24.3 Å². The van der Waals surface area contributed by atoms with Crippen molar-refractivity contribution in [1.82, 2.24) is 4.98 Å². The lowest BCUT2D eigenvalue weighted by Gasteiger charge is -2.04. The minimum absolute atomic E-state index is 0.223. The molecule has 6 nitrogen and oxygen atoms in total. The molecule has 0 aliphatic heterocycles. The highest BCUT2D eigenvalue weighted by molar-refractivity contribution is 7.99. The summed E-state index contributed by atoms with van der Waals surface area (Å²) in [4.78, 5) is 27.1. The van der Waals surface area contributed by atoms with Crippen LogP contribution in [0.2, 0.25) is 0 Å². The van der Waals surface area contributed by atoms with Gasteiger partial charge in [0.15, 0.2) is 5.13 Å². The molecular formula is C15H17N3O3S2. The molecule has 0 fully saturated rings. The first-order valence-corrected chi connectivity index (χ1v) is 8.96. The van der Waals surface area contributed by atoms with Crippen molar-refractivity contribution >= 4 is 40.0 Å². The number of thiazole rings is 1. The number of ether oxygens (including phenoxy) is 1. The Kier molecular flexibility index (Phi) is 6.42. The van der Waals surface area contributed by atoms with Crippen molar-refractivity contribution < 1.29 is 14.3 Å². The van der Waals surface area contributed by atoms with Crippen LogP contribution in [0.1, 0.15) is 23.0 Å². The minimum atomic E-state index is -0.353. The SMILES string of the molecule is CCOc1ccc(C(=O)Nc2nc(CSCC(N)=O)cs2)cc1. The lowest BCUT2D eigenvalue weighted by atomic mass is 10.2. The highest BCUT2D eigenvalue weighted by Crippen LogP contribution is 2.20. The van der Waals surface area contributed by atoms with E-state index in [9.17, 15) is 9.59 Å². The quantitative estimate of drug-likeness (QED) is 0.762. The van der Waals surface area contributed by atoms with Gasteiger partial charge in [-0.05, 0) is 31.2 Å². The van der Waals surface area contributed by atoms with Crippen LogP contribution in [0.5, 0.6) is 5.75 Å². The standard InChI is InChI=1S/C15H17N3O3S2/c1-2-21-12-5-3-10(4-6-12)14(20)18-15-17-11(8-23-15)7-22-9-13(16)19/h3-6,8H,2,7,9H2,1H3,(H2,16,19)(H,17,18,20). The monoisotopic (exact) mass is 351 g/mol. The Bertz CT molecular complexity index is 671. The number of rotatable bonds is 8. The zero-order valence-electron chi connectivity index (χ0n) is 12.6. The van der Waals surface area contributed by atoms with Crippen LogP contribution in [0.25, 0.3) is 0 Å². The molecule has 2 rings (SSSR count). The zero-order chi connectivity index (χ0) is 16.7. The summed E-state index contributed by atoms with van der Waals surface area (Å²) >= 11 is 2.74. The third-order valence-electron chi connectivity index (χ3n) is 2.69. The van der Waals surface area contributed by atoms with Crippen molar-refractivity contribution in [3.05, 3.63) is 40.9 Å². The number of amides is 2. The minimum Gasteiger partial charge on any atom is -0.494 e. The van der Waals surface area contributed by atoms with Gasteiger partial charge in [-0.2, -0.15) is 0 Å². The maximum atomic E-state index is 12.1. The van der Waals surface area contributed by atoms with Crippen LogP contribution < -0.4 is 15.8 Å². The largest absolute Gasteiger partial charge is 0.494 e. The second-order valence-corrected chi connectivity index (χ2v) is 6.36. The van der Waals surface area contributed by atoms with Gasteiger partial charge in [-0.15, -0.1) is 23.1 Å².